The van der Waals surface area contributed by atoms with Crippen molar-refractivity contribution in [3.05, 3.63) is 29.8 Å². The fourth-order valence-corrected chi connectivity index (χ4v) is 3.83. The van der Waals surface area contributed by atoms with Crippen molar-refractivity contribution in [2.24, 2.45) is 11.8 Å². The highest BCUT2D eigenvalue weighted by molar-refractivity contribution is 6.02. The minimum Gasteiger partial charge on any atom is -0.494 e. The van der Waals surface area contributed by atoms with Gasteiger partial charge in [-0.25, -0.2) is 0 Å². The van der Waals surface area contributed by atoms with Crippen molar-refractivity contribution in [3.8, 4) is 5.75 Å². The second-order valence-corrected chi connectivity index (χ2v) is 6.99. The Morgan fingerprint density at radius 1 is 1.04 bits per heavy atom. The molecule has 0 bridgehead atoms. The van der Waals surface area contributed by atoms with Gasteiger partial charge in [-0.05, 0) is 45.4 Å². The molecular formula is C21H28O7. The number of benzene rings is 1. The van der Waals surface area contributed by atoms with Crippen LogP contribution in [0.15, 0.2) is 24.3 Å². The van der Waals surface area contributed by atoms with E-state index in [2.05, 4.69) is 0 Å². The molecule has 0 aromatic heterocycles. The number of hydrogen-bond acceptors (Lipinski definition) is 7. The topological polar surface area (TPSA) is 99.1 Å². The Kier molecular flexibility index (Phi) is 7.18. The molecule has 1 fully saturated rings. The molecule has 0 aliphatic heterocycles. The van der Waals surface area contributed by atoms with Gasteiger partial charge in [0, 0.05) is 12.3 Å². The maximum Gasteiger partial charge on any atom is 0.317 e. The first-order chi connectivity index (χ1) is 13.3. The van der Waals surface area contributed by atoms with Gasteiger partial charge in [0.25, 0.3) is 0 Å². The lowest BCUT2D eigenvalue weighted by atomic mass is 9.61. The number of esters is 2. The Hall–Kier alpha value is -2.41. The van der Waals surface area contributed by atoms with E-state index in [1.54, 1.807) is 38.1 Å². The number of rotatable bonds is 7. The third kappa shape index (κ3) is 4.52. The van der Waals surface area contributed by atoms with Gasteiger partial charge in [0.1, 0.15) is 11.7 Å². The molecule has 1 saturated carbocycles. The van der Waals surface area contributed by atoms with E-state index in [1.165, 1.54) is 6.92 Å². The van der Waals surface area contributed by atoms with Crippen molar-refractivity contribution in [1.82, 2.24) is 0 Å². The van der Waals surface area contributed by atoms with Gasteiger partial charge in [-0.2, -0.15) is 0 Å². The normalized spacial score (nSPS) is 27.2. The smallest absolute Gasteiger partial charge is 0.317 e. The molecule has 1 aromatic rings. The van der Waals surface area contributed by atoms with Crippen LogP contribution in [0.3, 0.4) is 0 Å². The van der Waals surface area contributed by atoms with E-state index in [1.807, 2.05) is 6.92 Å². The van der Waals surface area contributed by atoms with Gasteiger partial charge in [-0.3, -0.25) is 14.4 Å². The lowest BCUT2D eigenvalue weighted by Crippen LogP contribution is -2.55. The number of Topliss-reactive ketones (excluding diaryl/α,β-unsaturated/α-hetero) is 1. The summed E-state index contributed by atoms with van der Waals surface area (Å²) in [6, 6.07) is 6.81. The molecule has 1 aromatic carbocycles. The highest BCUT2D eigenvalue weighted by atomic mass is 16.5. The predicted octanol–water partition coefficient (Wildman–Crippen LogP) is 2.25. The van der Waals surface area contributed by atoms with Crippen molar-refractivity contribution < 1.29 is 33.7 Å². The van der Waals surface area contributed by atoms with E-state index in [0.29, 0.717) is 17.9 Å². The van der Waals surface area contributed by atoms with Gasteiger partial charge in [-0.15, -0.1) is 0 Å². The number of ketones is 1. The standard InChI is InChI=1S/C21H28O7/c1-5-26-14-10-8-13(9-11-14)16-17(19(23)27-6-2)15(22)12-21(4,25)18(16)20(24)28-7-3/h8-11,16-18,25H,5-7,12H2,1-4H3/t16-,17+,18-,21-/m0/s1. The summed E-state index contributed by atoms with van der Waals surface area (Å²) in [5, 5.41) is 10.9. The molecule has 0 spiro atoms. The van der Waals surface area contributed by atoms with Crippen LogP contribution >= 0.6 is 0 Å². The molecule has 7 heteroatoms. The molecule has 0 heterocycles. The van der Waals surface area contributed by atoms with E-state index < -0.39 is 41.1 Å². The van der Waals surface area contributed by atoms with Crippen LogP contribution in [-0.2, 0) is 23.9 Å². The number of carbonyl (C=O) groups excluding carboxylic acids is 3. The fraction of sp³-hybridized carbons (Fsp3) is 0.571. The lowest BCUT2D eigenvalue weighted by Gasteiger charge is -2.43. The predicted molar refractivity (Wildman–Crippen MR) is 101 cm³/mol. The van der Waals surface area contributed by atoms with Crippen LogP contribution in [0.5, 0.6) is 5.75 Å². The quantitative estimate of drug-likeness (QED) is 0.561. The molecule has 1 aliphatic carbocycles. The van der Waals surface area contributed by atoms with Gasteiger partial charge < -0.3 is 19.3 Å². The van der Waals surface area contributed by atoms with Gasteiger partial charge >= 0.3 is 11.9 Å². The summed E-state index contributed by atoms with van der Waals surface area (Å²) >= 11 is 0. The highest BCUT2D eigenvalue weighted by Crippen LogP contribution is 2.46. The first-order valence-electron chi connectivity index (χ1n) is 9.57. The SMILES string of the molecule is CCOC(=O)[C@@H]1C(=O)C[C@](C)(O)[C@H](C(=O)OCC)[C@H]1c1ccc(OCC)cc1. The van der Waals surface area contributed by atoms with Crippen molar-refractivity contribution in [2.75, 3.05) is 19.8 Å². The maximum absolute atomic E-state index is 12.8. The van der Waals surface area contributed by atoms with Gasteiger partial charge in [-0.1, -0.05) is 12.1 Å². The summed E-state index contributed by atoms with van der Waals surface area (Å²) in [5.41, 5.74) is -1.08. The maximum atomic E-state index is 12.8. The monoisotopic (exact) mass is 392 g/mol. The molecule has 28 heavy (non-hydrogen) atoms. The van der Waals surface area contributed by atoms with Crippen LogP contribution in [0.4, 0.5) is 0 Å². The van der Waals surface area contributed by atoms with Crippen molar-refractivity contribution in [2.45, 2.75) is 45.6 Å². The third-order valence-electron chi connectivity index (χ3n) is 4.92. The highest BCUT2D eigenvalue weighted by Gasteiger charge is 2.57. The largest absolute Gasteiger partial charge is 0.494 e. The van der Waals surface area contributed by atoms with Crippen LogP contribution in [-0.4, -0.2) is 48.3 Å². The van der Waals surface area contributed by atoms with Gasteiger partial charge in [0.2, 0.25) is 0 Å². The Balaban J connectivity index is 2.56. The average Bonchev–Trinajstić information content (AvgIpc) is 2.61. The molecule has 4 atom stereocenters. The third-order valence-corrected chi connectivity index (χ3v) is 4.92. The summed E-state index contributed by atoms with van der Waals surface area (Å²) in [6.07, 6.45) is -0.326. The van der Waals surface area contributed by atoms with E-state index in [4.69, 9.17) is 14.2 Å². The zero-order valence-electron chi connectivity index (χ0n) is 16.8. The van der Waals surface area contributed by atoms with E-state index in [9.17, 15) is 19.5 Å². The molecule has 7 nitrogen and oxygen atoms in total. The second kappa shape index (κ2) is 9.19. The summed E-state index contributed by atoms with van der Waals surface area (Å²) < 4.78 is 15.7. The summed E-state index contributed by atoms with van der Waals surface area (Å²) in [6.45, 7) is 7.32. The summed E-state index contributed by atoms with van der Waals surface area (Å²) in [5.74, 6) is -4.34. The van der Waals surface area contributed by atoms with Crippen molar-refractivity contribution in [1.29, 1.82) is 0 Å². The number of ether oxygens (including phenoxy) is 3. The number of hydrogen-bond donors (Lipinski definition) is 1. The van der Waals surface area contributed by atoms with E-state index in [0.717, 1.165) is 0 Å². The summed E-state index contributed by atoms with van der Waals surface area (Å²) in [4.78, 5) is 38.1. The van der Waals surface area contributed by atoms with Gasteiger partial charge in [0.05, 0.1) is 31.3 Å². The minimum atomic E-state index is -1.64. The van der Waals surface area contributed by atoms with Crippen LogP contribution < -0.4 is 4.74 Å². The Morgan fingerprint density at radius 3 is 2.14 bits per heavy atom. The van der Waals surface area contributed by atoms with Crippen LogP contribution in [0.2, 0.25) is 0 Å². The molecular weight excluding hydrogens is 364 g/mol. The van der Waals surface area contributed by atoms with Crippen molar-refractivity contribution >= 4 is 17.7 Å². The molecule has 0 radical (unpaired) electrons. The molecule has 0 amide bonds. The van der Waals surface area contributed by atoms with E-state index >= 15 is 0 Å². The van der Waals surface area contributed by atoms with E-state index in [-0.39, 0.29) is 19.6 Å². The Labute approximate surface area is 165 Å². The summed E-state index contributed by atoms with van der Waals surface area (Å²) in [7, 11) is 0. The number of carbonyl (C=O) groups is 3. The fourth-order valence-electron chi connectivity index (χ4n) is 3.83. The van der Waals surface area contributed by atoms with Crippen molar-refractivity contribution in [3.63, 3.8) is 0 Å². The van der Waals surface area contributed by atoms with Gasteiger partial charge in [0.15, 0.2) is 5.78 Å². The minimum absolute atomic E-state index is 0.110. The Morgan fingerprint density at radius 2 is 1.61 bits per heavy atom. The Bertz CT molecular complexity index is 708. The number of aliphatic hydroxyl groups is 1. The van der Waals surface area contributed by atoms with Crippen LogP contribution in [0, 0.1) is 11.8 Å². The average molecular weight is 392 g/mol. The zero-order chi connectivity index (χ0) is 20.9. The molecule has 1 N–H and O–H groups in total. The second-order valence-electron chi connectivity index (χ2n) is 6.99. The molecule has 0 unspecified atom stereocenters. The van der Waals surface area contributed by atoms with Crippen LogP contribution in [0.25, 0.3) is 0 Å². The zero-order valence-corrected chi connectivity index (χ0v) is 16.8. The van der Waals surface area contributed by atoms with Crippen LogP contribution in [0.1, 0.15) is 45.6 Å². The molecule has 1 aliphatic rings. The molecule has 0 saturated heterocycles. The molecule has 2 rings (SSSR count). The lowest BCUT2D eigenvalue weighted by molar-refractivity contribution is -0.172. The first kappa shape index (κ1) is 21.9. The molecule has 154 valence electrons. The first-order valence-corrected chi connectivity index (χ1v) is 9.57.